The number of amides is 2. The van der Waals surface area contributed by atoms with Gasteiger partial charge >= 0.3 is 0 Å². The van der Waals surface area contributed by atoms with Gasteiger partial charge in [0.05, 0.1) is 6.04 Å². The van der Waals surface area contributed by atoms with Gasteiger partial charge in [0.15, 0.2) is 5.76 Å². The maximum absolute atomic E-state index is 13.7. The number of carbonyl (C=O) groups is 2. The third-order valence-electron chi connectivity index (χ3n) is 8.03. The number of aryl methyl sites for hydroxylation is 1. The summed E-state index contributed by atoms with van der Waals surface area (Å²) in [5.41, 5.74) is 4.71. The Morgan fingerprint density at radius 1 is 1.00 bits per heavy atom. The van der Waals surface area contributed by atoms with Gasteiger partial charge in [0.2, 0.25) is 5.91 Å². The van der Waals surface area contributed by atoms with E-state index in [1.165, 1.54) is 11.1 Å². The normalized spacial score (nSPS) is 17.3. The van der Waals surface area contributed by atoms with Crippen LogP contribution in [0.1, 0.15) is 84.1 Å². The Morgan fingerprint density at radius 2 is 1.74 bits per heavy atom. The molecule has 0 bridgehead atoms. The lowest BCUT2D eigenvalue weighted by molar-refractivity contribution is -0.137. The average molecular weight is 515 g/mol. The quantitative estimate of drug-likeness (QED) is 0.353. The van der Waals surface area contributed by atoms with Crippen LogP contribution < -0.4 is 4.74 Å². The van der Waals surface area contributed by atoms with Crippen molar-refractivity contribution in [3.05, 3.63) is 88.4 Å². The molecule has 38 heavy (non-hydrogen) atoms. The molecule has 1 aliphatic heterocycles. The average Bonchev–Trinajstić information content (AvgIpc) is 3.65. The van der Waals surface area contributed by atoms with Gasteiger partial charge in [-0.25, -0.2) is 0 Å². The van der Waals surface area contributed by atoms with Crippen molar-refractivity contribution in [2.24, 2.45) is 5.92 Å². The molecule has 200 valence electrons. The summed E-state index contributed by atoms with van der Waals surface area (Å²) in [5.74, 6) is 1.97. The number of ether oxygens (including phenoxy) is 1. The Hall–Kier alpha value is -3.54. The highest BCUT2D eigenvalue weighted by Crippen LogP contribution is 2.40. The fraction of sp³-hybridized carbons (Fsp3) is 0.438. The van der Waals surface area contributed by atoms with E-state index in [4.69, 9.17) is 9.15 Å². The van der Waals surface area contributed by atoms with Crippen molar-refractivity contribution in [3.63, 3.8) is 0 Å². The van der Waals surface area contributed by atoms with Gasteiger partial charge in [0, 0.05) is 25.6 Å². The van der Waals surface area contributed by atoms with Gasteiger partial charge in [-0.05, 0) is 81.0 Å². The van der Waals surface area contributed by atoms with Crippen molar-refractivity contribution in [3.8, 4) is 5.75 Å². The summed E-state index contributed by atoms with van der Waals surface area (Å²) in [7, 11) is 0. The number of rotatable bonds is 8. The number of furan rings is 1. The Kier molecular flexibility index (Phi) is 7.87. The molecular weight excluding hydrogens is 476 g/mol. The molecule has 0 radical (unpaired) electrons. The first-order chi connectivity index (χ1) is 18.5. The molecule has 2 amide bonds. The fourth-order valence-corrected chi connectivity index (χ4v) is 5.83. The molecule has 5 rings (SSSR count). The van der Waals surface area contributed by atoms with Crippen LogP contribution in [-0.2, 0) is 17.8 Å². The van der Waals surface area contributed by atoms with Gasteiger partial charge < -0.3 is 19.0 Å². The number of fused-ring (bicyclic) bond motifs is 1. The van der Waals surface area contributed by atoms with Crippen LogP contribution >= 0.6 is 0 Å². The first-order valence-corrected chi connectivity index (χ1v) is 14.0. The molecule has 3 aromatic rings. The first kappa shape index (κ1) is 26.1. The molecule has 0 N–H and O–H groups in total. The van der Waals surface area contributed by atoms with E-state index < -0.39 is 0 Å². The molecule has 2 heterocycles. The zero-order chi connectivity index (χ0) is 26.6. The molecule has 1 aromatic heterocycles. The zero-order valence-electron chi connectivity index (χ0n) is 22.7. The third kappa shape index (κ3) is 5.35. The standard InChI is InChI=1S/C32H38N2O4/c1-4-33(5-2)32(36)29-17-16-27(38-29)21-37-26-15-14-23-18-19-34(31(35)25-8-6-7-9-25)30(28(23)20-26)24-12-10-22(3)11-13-24/h10-17,20,25,30H,4-9,18-19,21H2,1-3H3. The van der Waals surface area contributed by atoms with Crippen molar-refractivity contribution < 1.29 is 18.7 Å². The molecule has 1 fully saturated rings. The van der Waals surface area contributed by atoms with Crippen LogP contribution in [0.15, 0.2) is 59.0 Å². The van der Waals surface area contributed by atoms with Crippen molar-refractivity contribution in [1.29, 1.82) is 0 Å². The van der Waals surface area contributed by atoms with E-state index in [2.05, 4.69) is 48.2 Å². The molecule has 6 heteroatoms. The van der Waals surface area contributed by atoms with E-state index in [9.17, 15) is 9.59 Å². The number of hydrogen-bond donors (Lipinski definition) is 0. The minimum atomic E-state index is -0.127. The molecule has 1 aliphatic carbocycles. The lowest BCUT2D eigenvalue weighted by atomic mass is 9.86. The lowest BCUT2D eigenvalue weighted by Gasteiger charge is -2.39. The highest BCUT2D eigenvalue weighted by molar-refractivity contribution is 5.91. The summed E-state index contributed by atoms with van der Waals surface area (Å²) in [6, 6.07) is 18.1. The van der Waals surface area contributed by atoms with E-state index >= 15 is 0 Å². The topological polar surface area (TPSA) is 63.0 Å². The predicted molar refractivity (Wildman–Crippen MR) is 147 cm³/mol. The number of nitrogens with zero attached hydrogens (tertiary/aromatic N) is 2. The summed E-state index contributed by atoms with van der Waals surface area (Å²) >= 11 is 0. The summed E-state index contributed by atoms with van der Waals surface area (Å²) in [5, 5.41) is 0. The summed E-state index contributed by atoms with van der Waals surface area (Å²) < 4.78 is 11.9. The highest BCUT2D eigenvalue weighted by atomic mass is 16.5. The highest BCUT2D eigenvalue weighted by Gasteiger charge is 2.36. The number of carbonyl (C=O) groups excluding carboxylic acids is 2. The summed E-state index contributed by atoms with van der Waals surface area (Å²) in [4.78, 5) is 30.1. The van der Waals surface area contributed by atoms with Crippen LogP contribution in [0.4, 0.5) is 0 Å². The van der Waals surface area contributed by atoms with Crippen molar-refractivity contribution in [2.75, 3.05) is 19.6 Å². The van der Waals surface area contributed by atoms with Crippen molar-refractivity contribution in [1.82, 2.24) is 9.80 Å². The maximum atomic E-state index is 13.7. The third-order valence-corrected chi connectivity index (χ3v) is 8.03. The second kappa shape index (κ2) is 11.5. The minimum Gasteiger partial charge on any atom is -0.486 e. The van der Waals surface area contributed by atoms with Crippen LogP contribution in [0.3, 0.4) is 0 Å². The molecule has 2 aromatic carbocycles. The molecule has 1 atom stereocenters. The second-order valence-corrected chi connectivity index (χ2v) is 10.5. The van der Waals surface area contributed by atoms with E-state index in [0.29, 0.717) is 24.6 Å². The van der Waals surface area contributed by atoms with Crippen LogP contribution in [-0.4, -0.2) is 41.2 Å². The molecular formula is C32H38N2O4. The smallest absolute Gasteiger partial charge is 0.289 e. The van der Waals surface area contributed by atoms with Crippen LogP contribution in [0.2, 0.25) is 0 Å². The monoisotopic (exact) mass is 514 g/mol. The van der Waals surface area contributed by atoms with Crippen molar-refractivity contribution >= 4 is 11.8 Å². The van der Waals surface area contributed by atoms with Gasteiger partial charge in [0.25, 0.3) is 5.91 Å². The second-order valence-electron chi connectivity index (χ2n) is 10.5. The van der Waals surface area contributed by atoms with Gasteiger partial charge in [-0.2, -0.15) is 0 Å². The first-order valence-electron chi connectivity index (χ1n) is 14.0. The molecule has 2 aliphatic rings. The van der Waals surface area contributed by atoms with Gasteiger partial charge in [0.1, 0.15) is 18.1 Å². The van der Waals surface area contributed by atoms with Crippen LogP contribution in [0, 0.1) is 12.8 Å². The maximum Gasteiger partial charge on any atom is 0.289 e. The van der Waals surface area contributed by atoms with Gasteiger partial charge in [-0.3, -0.25) is 9.59 Å². The molecule has 0 saturated heterocycles. The SMILES string of the molecule is CCN(CC)C(=O)c1ccc(COc2ccc3c(c2)C(c2ccc(C)cc2)N(C(=O)C2CCCC2)CC3)o1. The Labute approximate surface area is 225 Å². The molecule has 6 nitrogen and oxygen atoms in total. The van der Waals surface area contributed by atoms with E-state index in [0.717, 1.165) is 55.5 Å². The van der Waals surface area contributed by atoms with Crippen LogP contribution in [0.5, 0.6) is 5.75 Å². The Balaban J connectivity index is 1.38. The minimum absolute atomic E-state index is 0.108. The predicted octanol–water partition coefficient (Wildman–Crippen LogP) is 6.31. The van der Waals surface area contributed by atoms with Gasteiger partial charge in [-0.1, -0.05) is 48.7 Å². The molecule has 1 unspecified atom stereocenters. The number of benzene rings is 2. The van der Waals surface area contributed by atoms with Crippen molar-refractivity contribution in [2.45, 2.75) is 65.5 Å². The van der Waals surface area contributed by atoms with Crippen LogP contribution in [0.25, 0.3) is 0 Å². The lowest BCUT2D eigenvalue weighted by Crippen LogP contribution is -2.43. The van der Waals surface area contributed by atoms with E-state index in [1.54, 1.807) is 17.0 Å². The summed E-state index contributed by atoms with van der Waals surface area (Å²) in [6.07, 6.45) is 5.11. The number of hydrogen-bond acceptors (Lipinski definition) is 4. The Bertz CT molecular complexity index is 1270. The Morgan fingerprint density at radius 3 is 2.45 bits per heavy atom. The van der Waals surface area contributed by atoms with E-state index in [1.807, 2.05) is 19.9 Å². The van der Waals surface area contributed by atoms with E-state index in [-0.39, 0.29) is 30.4 Å². The summed E-state index contributed by atoms with van der Waals surface area (Å²) in [6.45, 7) is 8.23. The molecule has 1 saturated carbocycles. The zero-order valence-corrected chi connectivity index (χ0v) is 22.7. The fourth-order valence-electron chi connectivity index (χ4n) is 5.83. The van der Waals surface area contributed by atoms with Gasteiger partial charge in [-0.15, -0.1) is 0 Å². The molecule has 0 spiro atoms. The largest absolute Gasteiger partial charge is 0.486 e.